The normalized spacial score (nSPS) is 16.5. The standard InChI is InChI=1S/C9H15N5O/c15-9-10-3-1-5-13(9)6-2-7-14-8-4-11-12-14/h4,8H,1-3,5-7H2,(H,10,15). The molecule has 1 fully saturated rings. The zero-order valence-corrected chi connectivity index (χ0v) is 8.59. The fourth-order valence-electron chi connectivity index (χ4n) is 1.67. The first kappa shape index (κ1) is 9.95. The van der Waals surface area contributed by atoms with E-state index in [1.165, 1.54) is 0 Å². The summed E-state index contributed by atoms with van der Waals surface area (Å²) in [4.78, 5) is 13.2. The second-order valence-corrected chi connectivity index (χ2v) is 3.59. The molecule has 2 heterocycles. The van der Waals surface area contributed by atoms with Crippen molar-refractivity contribution in [2.75, 3.05) is 19.6 Å². The van der Waals surface area contributed by atoms with E-state index in [9.17, 15) is 4.79 Å². The van der Waals surface area contributed by atoms with E-state index in [4.69, 9.17) is 0 Å². The molecule has 6 heteroatoms. The van der Waals surface area contributed by atoms with E-state index in [2.05, 4.69) is 15.6 Å². The van der Waals surface area contributed by atoms with Crippen LogP contribution in [-0.2, 0) is 6.54 Å². The lowest BCUT2D eigenvalue weighted by Gasteiger charge is -2.27. The van der Waals surface area contributed by atoms with Gasteiger partial charge in [0.25, 0.3) is 0 Å². The fraction of sp³-hybridized carbons (Fsp3) is 0.667. The molecule has 0 bridgehead atoms. The Bertz CT molecular complexity index is 310. The number of carbonyl (C=O) groups excluding carboxylic acids is 1. The van der Waals surface area contributed by atoms with Crippen molar-refractivity contribution in [3.05, 3.63) is 12.4 Å². The number of carbonyl (C=O) groups is 1. The molecule has 1 aromatic rings. The van der Waals surface area contributed by atoms with Gasteiger partial charge in [-0.3, -0.25) is 4.68 Å². The molecule has 1 saturated heterocycles. The number of aryl methyl sites for hydroxylation is 1. The second kappa shape index (κ2) is 4.77. The van der Waals surface area contributed by atoms with Gasteiger partial charge in [0, 0.05) is 32.4 Å². The van der Waals surface area contributed by atoms with Crippen molar-refractivity contribution in [2.24, 2.45) is 0 Å². The van der Waals surface area contributed by atoms with E-state index in [-0.39, 0.29) is 6.03 Å². The summed E-state index contributed by atoms with van der Waals surface area (Å²) in [5, 5.41) is 10.4. The summed E-state index contributed by atoms with van der Waals surface area (Å²) in [5.74, 6) is 0. The predicted octanol–water partition coefficient (Wildman–Crippen LogP) is 0.0835. The van der Waals surface area contributed by atoms with Crippen LogP contribution in [0.1, 0.15) is 12.8 Å². The van der Waals surface area contributed by atoms with Gasteiger partial charge in [0.2, 0.25) is 0 Å². The predicted molar refractivity (Wildman–Crippen MR) is 54.2 cm³/mol. The quantitative estimate of drug-likeness (QED) is 0.764. The monoisotopic (exact) mass is 209 g/mol. The molecule has 2 rings (SSSR count). The van der Waals surface area contributed by atoms with Crippen molar-refractivity contribution in [1.82, 2.24) is 25.2 Å². The minimum absolute atomic E-state index is 0.0554. The van der Waals surface area contributed by atoms with Gasteiger partial charge in [-0.25, -0.2) is 4.79 Å². The third kappa shape index (κ3) is 2.68. The number of urea groups is 1. The van der Waals surface area contributed by atoms with Crippen molar-refractivity contribution in [1.29, 1.82) is 0 Å². The second-order valence-electron chi connectivity index (χ2n) is 3.59. The molecule has 0 aromatic carbocycles. The molecule has 82 valence electrons. The molecule has 1 aliphatic rings. The molecule has 1 aliphatic heterocycles. The highest BCUT2D eigenvalue weighted by molar-refractivity contribution is 5.74. The number of amides is 2. The molecule has 0 atom stereocenters. The number of aromatic nitrogens is 3. The summed E-state index contributed by atoms with van der Waals surface area (Å²) in [6.07, 6.45) is 5.44. The van der Waals surface area contributed by atoms with Crippen LogP contribution in [0.4, 0.5) is 4.79 Å². The van der Waals surface area contributed by atoms with Gasteiger partial charge in [0.1, 0.15) is 0 Å². The summed E-state index contributed by atoms with van der Waals surface area (Å²) in [7, 11) is 0. The molecule has 2 amide bonds. The molecule has 6 nitrogen and oxygen atoms in total. The van der Waals surface area contributed by atoms with Crippen LogP contribution in [0.25, 0.3) is 0 Å². The van der Waals surface area contributed by atoms with Gasteiger partial charge in [-0.2, -0.15) is 0 Å². The van der Waals surface area contributed by atoms with Crippen LogP contribution >= 0.6 is 0 Å². The molecule has 15 heavy (non-hydrogen) atoms. The molecule has 0 aliphatic carbocycles. The van der Waals surface area contributed by atoms with Gasteiger partial charge >= 0.3 is 6.03 Å². The third-order valence-corrected chi connectivity index (χ3v) is 2.46. The van der Waals surface area contributed by atoms with Crippen LogP contribution in [0.15, 0.2) is 12.4 Å². The summed E-state index contributed by atoms with van der Waals surface area (Å²) in [6, 6.07) is 0.0554. The van der Waals surface area contributed by atoms with Gasteiger partial charge in [0.05, 0.1) is 6.20 Å². The minimum atomic E-state index is 0.0554. The van der Waals surface area contributed by atoms with Crippen LogP contribution in [-0.4, -0.2) is 45.6 Å². The third-order valence-electron chi connectivity index (χ3n) is 2.46. The lowest BCUT2D eigenvalue weighted by molar-refractivity contribution is 0.184. The van der Waals surface area contributed by atoms with E-state index < -0.39 is 0 Å². The minimum Gasteiger partial charge on any atom is -0.338 e. The van der Waals surface area contributed by atoms with Gasteiger partial charge in [-0.05, 0) is 12.8 Å². The Morgan fingerprint density at radius 2 is 2.40 bits per heavy atom. The zero-order valence-electron chi connectivity index (χ0n) is 8.59. The molecule has 0 radical (unpaired) electrons. The number of hydrogen-bond donors (Lipinski definition) is 1. The van der Waals surface area contributed by atoms with E-state index in [0.717, 1.165) is 39.0 Å². The number of nitrogens with zero attached hydrogens (tertiary/aromatic N) is 4. The molecular formula is C9H15N5O. The smallest absolute Gasteiger partial charge is 0.317 e. The average molecular weight is 209 g/mol. The van der Waals surface area contributed by atoms with Gasteiger partial charge in [-0.1, -0.05) is 5.21 Å². The first-order valence-corrected chi connectivity index (χ1v) is 5.23. The Hall–Kier alpha value is -1.59. The van der Waals surface area contributed by atoms with Gasteiger partial charge in [-0.15, -0.1) is 5.10 Å². The van der Waals surface area contributed by atoms with Gasteiger partial charge < -0.3 is 10.2 Å². The highest BCUT2D eigenvalue weighted by Crippen LogP contribution is 2.00. The number of nitrogens with one attached hydrogen (secondary N) is 1. The number of rotatable bonds is 4. The molecule has 0 saturated carbocycles. The maximum atomic E-state index is 11.4. The Morgan fingerprint density at radius 1 is 1.47 bits per heavy atom. The maximum Gasteiger partial charge on any atom is 0.317 e. The summed E-state index contributed by atoms with van der Waals surface area (Å²) in [5.41, 5.74) is 0. The molecule has 1 aromatic heterocycles. The largest absolute Gasteiger partial charge is 0.338 e. The molecule has 1 N–H and O–H groups in total. The van der Waals surface area contributed by atoms with Crippen LogP contribution in [0, 0.1) is 0 Å². The van der Waals surface area contributed by atoms with Crippen LogP contribution < -0.4 is 5.32 Å². The first-order chi connectivity index (χ1) is 7.36. The van der Waals surface area contributed by atoms with Crippen molar-refractivity contribution in [3.8, 4) is 0 Å². The molecule has 0 spiro atoms. The highest BCUT2D eigenvalue weighted by Gasteiger charge is 2.16. The Labute approximate surface area is 88.2 Å². The molecular weight excluding hydrogens is 194 g/mol. The van der Waals surface area contributed by atoms with Crippen LogP contribution in [0.2, 0.25) is 0 Å². The lowest BCUT2D eigenvalue weighted by Crippen LogP contribution is -2.46. The van der Waals surface area contributed by atoms with Crippen molar-refractivity contribution < 1.29 is 4.79 Å². The summed E-state index contributed by atoms with van der Waals surface area (Å²) >= 11 is 0. The summed E-state index contributed by atoms with van der Waals surface area (Å²) in [6.45, 7) is 3.26. The Kier molecular flexibility index (Phi) is 3.16. The average Bonchev–Trinajstić information content (AvgIpc) is 2.74. The van der Waals surface area contributed by atoms with Crippen LogP contribution in [0.3, 0.4) is 0 Å². The van der Waals surface area contributed by atoms with E-state index in [0.29, 0.717) is 0 Å². The van der Waals surface area contributed by atoms with Crippen molar-refractivity contribution in [3.63, 3.8) is 0 Å². The SMILES string of the molecule is O=C1NCCCN1CCCn1ccnn1. The van der Waals surface area contributed by atoms with E-state index >= 15 is 0 Å². The highest BCUT2D eigenvalue weighted by atomic mass is 16.2. The Morgan fingerprint density at radius 3 is 3.13 bits per heavy atom. The first-order valence-electron chi connectivity index (χ1n) is 5.23. The van der Waals surface area contributed by atoms with Crippen molar-refractivity contribution in [2.45, 2.75) is 19.4 Å². The van der Waals surface area contributed by atoms with E-state index in [1.807, 2.05) is 11.1 Å². The van der Waals surface area contributed by atoms with Crippen molar-refractivity contribution >= 4 is 6.03 Å². The Balaban J connectivity index is 1.71. The maximum absolute atomic E-state index is 11.4. The van der Waals surface area contributed by atoms with Crippen LogP contribution in [0.5, 0.6) is 0 Å². The van der Waals surface area contributed by atoms with E-state index in [1.54, 1.807) is 10.9 Å². The molecule has 0 unspecified atom stereocenters. The summed E-state index contributed by atoms with van der Waals surface area (Å²) < 4.78 is 1.78. The lowest BCUT2D eigenvalue weighted by atomic mass is 10.3. The topological polar surface area (TPSA) is 63.1 Å². The zero-order chi connectivity index (χ0) is 10.5. The van der Waals surface area contributed by atoms with Gasteiger partial charge in [0.15, 0.2) is 0 Å². The number of hydrogen-bond acceptors (Lipinski definition) is 3. The fourth-order valence-corrected chi connectivity index (χ4v) is 1.67.